The molecule has 4 saturated heterocycles. The van der Waals surface area contributed by atoms with Gasteiger partial charge in [0.25, 0.3) is 0 Å². The van der Waals surface area contributed by atoms with Gasteiger partial charge in [-0.15, -0.1) is 0 Å². The zero-order chi connectivity index (χ0) is 28.7. The lowest BCUT2D eigenvalue weighted by Crippen LogP contribution is -2.51. The van der Waals surface area contributed by atoms with E-state index in [1.807, 2.05) is 13.0 Å². The Morgan fingerprint density at radius 2 is 1.93 bits per heavy atom. The largest absolute Gasteiger partial charge is 0.461 e. The fourth-order valence-electron chi connectivity index (χ4n) is 7.77. The molecular weight excluding hydrogens is 563 g/mol. The van der Waals surface area contributed by atoms with E-state index in [9.17, 15) is 8.78 Å². The van der Waals surface area contributed by atoms with Crippen LogP contribution in [0.15, 0.2) is 18.2 Å². The number of anilines is 2. The number of piperazine rings is 1. The van der Waals surface area contributed by atoms with Crippen LogP contribution in [0, 0.1) is 18.6 Å². The number of fused-ring (bicyclic) bond motifs is 5. The first-order valence-electron chi connectivity index (χ1n) is 14.7. The summed E-state index contributed by atoms with van der Waals surface area (Å²) < 4.78 is 52.3. The highest BCUT2D eigenvalue weighted by atomic mass is 32.1. The van der Waals surface area contributed by atoms with E-state index in [0.717, 1.165) is 56.7 Å². The molecule has 2 bridgehead atoms. The van der Waals surface area contributed by atoms with E-state index in [-0.39, 0.29) is 33.5 Å². The standard InChI is InChI=1S/C30H32F3N7OS/c1-15-9-20-24(23(33)22(15)19-5-6-21(32)26-25(19)36-28(34)42-26)37-29(38-27(20)39-12-17-3-4-18(13-39)35-17)41-14-30-7-2-8-40(30)11-16(31)10-30/h5-6,9,16-18,35H,2-4,7-8,10-14H2,1H3,(H2,34,36)/t16-,17?,18?,30+/m1/s1. The van der Waals surface area contributed by atoms with E-state index < -0.39 is 17.8 Å². The first kappa shape index (κ1) is 26.4. The van der Waals surface area contributed by atoms with Crippen molar-refractivity contribution in [3.05, 3.63) is 35.4 Å². The van der Waals surface area contributed by atoms with Crippen LogP contribution in [0.25, 0.3) is 32.2 Å². The van der Waals surface area contributed by atoms with E-state index in [1.54, 1.807) is 6.07 Å². The summed E-state index contributed by atoms with van der Waals surface area (Å²) in [5.74, 6) is -0.348. The average molecular weight is 596 g/mol. The number of benzene rings is 2. The molecule has 8 rings (SSSR count). The van der Waals surface area contributed by atoms with Gasteiger partial charge in [0.1, 0.15) is 29.9 Å². The zero-order valence-electron chi connectivity index (χ0n) is 23.3. The summed E-state index contributed by atoms with van der Waals surface area (Å²) in [6.45, 7) is 4.86. The van der Waals surface area contributed by atoms with Gasteiger partial charge in [0.05, 0.1) is 15.8 Å². The van der Waals surface area contributed by atoms with Gasteiger partial charge in [-0.05, 0) is 62.9 Å². The van der Waals surface area contributed by atoms with Crippen molar-refractivity contribution >= 4 is 43.4 Å². The molecule has 4 aliphatic rings. The highest BCUT2D eigenvalue weighted by Gasteiger charge is 2.49. The van der Waals surface area contributed by atoms with E-state index in [2.05, 4.69) is 25.1 Å². The van der Waals surface area contributed by atoms with Crippen LogP contribution in [0.4, 0.5) is 24.1 Å². The number of hydrogen-bond acceptors (Lipinski definition) is 9. The molecule has 0 spiro atoms. The second-order valence-electron chi connectivity index (χ2n) is 12.3. The maximum atomic E-state index is 16.8. The highest BCUT2D eigenvalue weighted by molar-refractivity contribution is 7.22. The minimum Gasteiger partial charge on any atom is -0.461 e. The highest BCUT2D eigenvalue weighted by Crippen LogP contribution is 2.43. The van der Waals surface area contributed by atoms with Gasteiger partial charge < -0.3 is 20.7 Å². The van der Waals surface area contributed by atoms with Crippen LogP contribution in [0.3, 0.4) is 0 Å². The second kappa shape index (κ2) is 9.65. The van der Waals surface area contributed by atoms with E-state index in [1.165, 1.54) is 6.07 Å². The minimum atomic E-state index is -0.881. The number of aromatic nitrogens is 3. The molecule has 2 aromatic heterocycles. The maximum absolute atomic E-state index is 16.8. The van der Waals surface area contributed by atoms with Crippen molar-refractivity contribution in [2.75, 3.05) is 43.4 Å². The number of thiazole rings is 1. The summed E-state index contributed by atoms with van der Waals surface area (Å²) in [7, 11) is 0. The molecule has 0 amide bonds. The van der Waals surface area contributed by atoms with Crippen LogP contribution >= 0.6 is 11.3 Å². The summed E-state index contributed by atoms with van der Waals surface area (Å²) >= 11 is 1.04. The van der Waals surface area contributed by atoms with Crippen molar-refractivity contribution in [3.63, 3.8) is 0 Å². The van der Waals surface area contributed by atoms with Crippen molar-refractivity contribution in [1.29, 1.82) is 0 Å². The summed E-state index contributed by atoms with van der Waals surface area (Å²) in [5, 5.41) is 4.46. The molecule has 4 fully saturated rings. The predicted octanol–water partition coefficient (Wildman–Crippen LogP) is 4.97. The Labute approximate surface area is 245 Å². The SMILES string of the molecule is Cc1cc2c(N3CC4CCC(C3)N4)nc(OC[C@@]34CCCN3C[C@H](F)C4)nc2c(F)c1-c1ccc(F)c2sc(N)nc12. The molecule has 2 aromatic carbocycles. The Morgan fingerprint density at radius 1 is 1.12 bits per heavy atom. The predicted molar refractivity (Wildman–Crippen MR) is 158 cm³/mol. The number of alkyl halides is 1. The third-order valence-corrected chi connectivity index (χ3v) is 10.5. The Bertz CT molecular complexity index is 1720. The second-order valence-corrected chi connectivity index (χ2v) is 13.4. The molecule has 42 heavy (non-hydrogen) atoms. The van der Waals surface area contributed by atoms with Crippen LogP contribution in [0.2, 0.25) is 0 Å². The monoisotopic (exact) mass is 595 g/mol. The first-order valence-corrected chi connectivity index (χ1v) is 15.5. The maximum Gasteiger partial charge on any atom is 0.319 e. The van der Waals surface area contributed by atoms with Crippen molar-refractivity contribution in [2.45, 2.75) is 62.8 Å². The van der Waals surface area contributed by atoms with Gasteiger partial charge in [-0.25, -0.2) is 18.2 Å². The molecule has 6 heterocycles. The number of ether oxygens (including phenoxy) is 1. The van der Waals surface area contributed by atoms with Crippen LogP contribution in [-0.4, -0.2) is 76.4 Å². The van der Waals surface area contributed by atoms with Gasteiger partial charge in [0.2, 0.25) is 0 Å². The third kappa shape index (κ3) is 4.13. The van der Waals surface area contributed by atoms with Gasteiger partial charge in [-0.1, -0.05) is 11.3 Å². The minimum absolute atomic E-state index is 0.0859. The molecule has 4 aromatic rings. The topological polar surface area (TPSA) is 92.4 Å². The van der Waals surface area contributed by atoms with E-state index in [4.69, 9.17) is 15.5 Å². The molecule has 0 saturated carbocycles. The molecule has 4 aliphatic heterocycles. The van der Waals surface area contributed by atoms with Gasteiger partial charge in [0.15, 0.2) is 10.9 Å². The van der Waals surface area contributed by atoms with Crippen molar-refractivity contribution in [1.82, 2.24) is 25.2 Å². The summed E-state index contributed by atoms with van der Waals surface area (Å²) in [5.41, 5.74) is 7.42. The van der Waals surface area contributed by atoms with E-state index >= 15 is 4.39 Å². The number of halogens is 3. The quantitative estimate of drug-likeness (QED) is 0.334. The number of hydrogen-bond donors (Lipinski definition) is 2. The molecule has 4 atom stereocenters. The Hall–Kier alpha value is -3.22. The lowest BCUT2D eigenvalue weighted by Gasteiger charge is -2.35. The first-order chi connectivity index (χ1) is 20.3. The number of nitrogens with one attached hydrogen (secondary N) is 1. The fourth-order valence-corrected chi connectivity index (χ4v) is 8.53. The average Bonchev–Trinajstić information content (AvgIpc) is 3.70. The lowest BCUT2D eigenvalue weighted by molar-refractivity contribution is 0.107. The molecule has 3 N–H and O–H groups in total. The van der Waals surface area contributed by atoms with Gasteiger partial charge >= 0.3 is 6.01 Å². The Balaban J connectivity index is 1.27. The summed E-state index contributed by atoms with van der Waals surface area (Å²) in [6.07, 6.45) is 3.56. The number of nitrogens with zero attached hydrogens (tertiary/aromatic N) is 5. The van der Waals surface area contributed by atoms with Crippen LogP contribution in [-0.2, 0) is 0 Å². The zero-order valence-corrected chi connectivity index (χ0v) is 24.1. The molecule has 8 nitrogen and oxygen atoms in total. The van der Waals surface area contributed by atoms with Crippen molar-refractivity contribution < 1.29 is 17.9 Å². The summed E-state index contributed by atoms with van der Waals surface area (Å²) in [6, 6.07) is 5.55. The molecular formula is C30H32F3N7OS. The molecule has 0 aliphatic carbocycles. The Kier molecular flexibility index (Phi) is 6.07. The van der Waals surface area contributed by atoms with Gasteiger partial charge in [-0.3, -0.25) is 4.90 Å². The number of nitrogen functional groups attached to an aromatic ring is 1. The van der Waals surface area contributed by atoms with E-state index in [0.29, 0.717) is 58.5 Å². The van der Waals surface area contributed by atoms with Crippen LogP contribution in [0.1, 0.15) is 37.7 Å². The molecule has 12 heteroatoms. The Morgan fingerprint density at radius 3 is 2.74 bits per heavy atom. The van der Waals surface area contributed by atoms with Crippen LogP contribution in [0.5, 0.6) is 6.01 Å². The smallest absolute Gasteiger partial charge is 0.319 e. The van der Waals surface area contributed by atoms with Gasteiger partial charge in [-0.2, -0.15) is 9.97 Å². The molecule has 220 valence electrons. The lowest BCUT2D eigenvalue weighted by atomic mass is 9.95. The number of aryl methyl sites for hydroxylation is 1. The van der Waals surface area contributed by atoms with Gasteiger partial charge in [0, 0.05) is 54.7 Å². The molecule has 2 unspecified atom stereocenters. The van der Waals surface area contributed by atoms with Crippen molar-refractivity contribution in [3.8, 4) is 17.1 Å². The number of nitrogens with two attached hydrogens (primary N) is 1. The van der Waals surface area contributed by atoms with Crippen molar-refractivity contribution in [2.24, 2.45) is 0 Å². The fraction of sp³-hybridized carbons (Fsp3) is 0.500. The summed E-state index contributed by atoms with van der Waals surface area (Å²) in [4.78, 5) is 18.2. The molecule has 0 radical (unpaired) electrons. The number of rotatable bonds is 5. The normalized spacial score (nSPS) is 27.4. The van der Waals surface area contributed by atoms with Crippen LogP contribution < -0.4 is 20.7 Å². The third-order valence-electron chi connectivity index (χ3n) is 9.62.